The first-order chi connectivity index (χ1) is 27.6. The van der Waals surface area contributed by atoms with Gasteiger partial charge in [-0.2, -0.15) is 0 Å². The van der Waals surface area contributed by atoms with E-state index in [0.29, 0.717) is 17.3 Å². The van der Waals surface area contributed by atoms with Crippen molar-refractivity contribution in [3.63, 3.8) is 0 Å². The van der Waals surface area contributed by atoms with E-state index >= 15 is 0 Å². The monoisotopic (exact) mass is 1020 g/mol. The van der Waals surface area contributed by atoms with E-state index in [-0.39, 0.29) is 20.1 Å². The Labute approximate surface area is 370 Å². The summed E-state index contributed by atoms with van der Waals surface area (Å²) in [6.07, 6.45) is 10.7. The van der Waals surface area contributed by atoms with Crippen molar-refractivity contribution in [2.45, 2.75) is 111 Å². The number of nitrogens with zero attached hydrogens (tertiary/aromatic N) is 2. The Kier molecular flexibility index (Phi) is 14.0. The third-order valence-electron chi connectivity index (χ3n) is 12.2. The number of rotatable bonds is 8. The topological polar surface area (TPSA) is 38.9 Å². The van der Waals surface area contributed by atoms with Crippen LogP contribution in [0.3, 0.4) is 0 Å². The number of hydrogen-bond donors (Lipinski definition) is 0. The molecule has 1 fully saturated rings. The molecule has 8 rings (SSSR count). The van der Waals surface area contributed by atoms with Crippen LogP contribution in [0.1, 0.15) is 94.0 Å². The third kappa shape index (κ3) is 10.2. The first-order valence-electron chi connectivity index (χ1n) is 21.5. The van der Waals surface area contributed by atoms with Crippen LogP contribution in [0.4, 0.5) is 0 Å². The van der Waals surface area contributed by atoms with Crippen molar-refractivity contribution in [1.82, 2.24) is 9.97 Å². The molecule has 7 aromatic rings. The summed E-state index contributed by atoms with van der Waals surface area (Å²) >= 11 is -1.90. The van der Waals surface area contributed by atoms with E-state index in [1.807, 2.05) is 30.5 Å². The summed E-state index contributed by atoms with van der Waals surface area (Å²) in [4.78, 5) is 9.49. The molecule has 0 bridgehead atoms. The van der Waals surface area contributed by atoms with E-state index in [1.54, 1.807) is 0 Å². The van der Waals surface area contributed by atoms with Gasteiger partial charge in [0, 0.05) is 31.7 Å². The molecule has 4 aromatic carbocycles. The smallest absolute Gasteiger partial charge is 0.121 e. The van der Waals surface area contributed by atoms with Gasteiger partial charge in [-0.3, -0.25) is 0 Å². The maximum atomic E-state index is 6.32. The van der Waals surface area contributed by atoms with Crippen molar-refractivity contribution < 1.29 is 24.5 Å². The number of aromatic nitrogens is 2. The summed E-state index contributed by atoms with van der Waals surface area (Å²) in [6, 6.07) is 36.9. The standard InChI is InChI=1S/C35H36NO.C19H26GeN.Ir/c1-21(2)34(25-8-6-7-9-25)28-16-17-36-31(19-28)26-13-15-32-30(18-26)29-14-12-27(20-33(29)37-32)35-23(4)11-10-22(3)24(35)5;1-19(2,3)13-16-12-18(15-10-8-7-9-11-15)21-14-17(16)20(4,5)6;/h10-12,14-21,25,34H,6-9H2,1-5H3;7-10,12,14H,13H2,1-6H3;/q2*-1;. The van der Waals surface area contributed by atoms with E-state index in [1.165, 1.54) is 69.0 Å². The van der Waals surface area contributed by atoms with E-state index in [4.69, 9.17) is 14.4 Å². The minimum Gasteiger partial charge on any atom is -0.500 e. The molecule has 1 unspecified atom stereocenters. The Morgan fingerprint density at radius 2 is 1.51 bits per heavy atom. The van der Waals surface area contributed by atoms with Crippen LogP contribution >= 0.6 is 0 Å². The molecule has 0 saturated heterocycles. The van der Waals surface area contributed by atoms with Crippen molar-refractivity contribution in [2.24, 2.45) is 17.3 Å². The molecule has 0 amide bonds. The number of fused-ring (bicyclic) bond motifs is 3. The molecule has 1 radical (unpaired) electrons. The van der Waals surface area contributed by atoms with Crippen molar-refractivity contribution in [3.8, 4) is 33.6 Å². The Bertz CT molecular complexity index is 2530. The number of pyridine rings is 2. The van der Waals surface area contributed by atoms with Crippen LogP contribution < -0.4 is 4.40 Å². The van der Waals surface area contributed by atoms with E-state index in [0.717, 1.165) is 56.8 Å². The molecular weight excluding hydrogens is 957 g/mol. The molecule has 59 heavy (non-hydrogen) atoms. The van der Waals surface area contributed by atoms with Crippen LogP contribution in [0.15, 0.2) is 102 Å². The SMILES string of the molecule is CC(C)(C)Cc1cc(-c2[c-]cccc2)nc[c]1[Ge]([CH3])([CH3])[CH3].Cc1ccc(C)c(-c2ccc3c(c2)oc2c[c-]c(-c4cc(C(C(C)C)C5CCCC5)ccn4)cc23)c1C.[Ir]. The molecule has 0 N–H and O–H groups in total. The van der Waals surface area contributed by atoms with E-state index < -0.39 is 13.3 Å². The number of furan rings is 1. The van der Waals surface area contributed by atoms with Gasteiger partial charge in [0.1, 0.15) is 5.58 Å². The van der Waals surface area contributed by atoms with Crippen molar-refractivity contribution in [3.05, 3.63) is 137 Å². The zero-order valence-electron chi connectivity index (χ0n) is 37.1. The molecule has 0 spiro atoms. The Balaban J connectivity index is 0.000000227. The molecule has 0 aliphatic heterocycles. The quantitative estimate of drug-likeness (QED) is 0.112. The van der Waals surface area contributed by atoms with Crippen LogP contribution in [0.2, 0.25) is 17.3 Å². The summed E-state index contributed by atoms with van der Waals surface area (Å²) in [6.45, 7) is 18.2. The largest absolute Gasteiger partial charge is 0.500 e. The summed E-state index contributed by atoms with van der Waals surface area (Å²) < 4.78 is 7.86. The molecule has 309 valence electrons. The normalized spacial score (nSPS) is 14.0. The third-order valence-corrected chi connectivity index (χ3v) is 16.5. The molecule has 5 heteroatoms. The van der Waals surface area contributed by atoms with E-state index in [2.05, 4.69) is 152 Å². The first-order valence-corrected chi connectivity index (χ1v) is 28.8. The fourth-order valence-electron chi connectivity index (χ4n) is 9.33. The molecule has 3 aromatic heterocycles. The van der Waals surface area contributed by atoms with Gasteiger partial charge in [0.05, 0.1) is 5.58 Å². The molecule has 3 heterocycles. The van der Waals surface area contributed by atoms with Gasteiger partial charge in [-0.15, -0.1) is 23.8 Å². The zero-order chi connectivity index (χ0) is 41.4. The second-order valence-corrected chi connectivity index (χ2v) is 30.0. The zero-order valence-corrected chi connectivity index (χ0v) is 41.6. The van der Waals surface area contributed by atoms with Gasteiger partial charge in [0.25, 0.3) is 0 Å². The summed E-state index contributed by atoms with van der Waals surface area (Å²) in [5.41, 5.74) is 15.6. The van der Waals surface area contributed by atoms with E-state index in [9.17, 15) is 0 Å². The molecule has 1 atom stereocenters. The average Bonchev–Trinajstić information content (AvgIpc) is 3.84. The predicted octanol–water partition coefficient (Wildman–Crippen LogP) is 14.7. The van der Waals surface area contributed by atoms with Gasteiger partial charge in [-0.25, -0.2) is 0 Å². The molecule has 1 saturated carbocycles. The van der Waals surface area contributed by atoms with Gasteiger partial charge in [-0.05, 0) is 103 Å². The minimum absolute atomic E-state index is 0. The fraction of sp³-hybridized carbons (Fsp3) is 0.370. The van der Waals surface area contributed by atoms with Gasteiger partial charge in [0.2, 0.25) is 0 Å². The van der Waals surface area contributed by atoms with Gasteiger partial charge in [-0.1, -0.05) is 62.4 Å². The molecule has 1 aliphatic carbocycles. The fourth-order valence-corrected chi connectivity index (χ4v) is 12.6. The Morgan fingerprint density at radius 1 is 0.780 bits per heavy atom. The number of aryl methyl sites for hydroxylation is 2. The van der Waals surface area contributed by atoms with Crippen LogP contribution in [0.5, 0.6) is 0 Å². The Hall–Kier alpha value is -3.83. The van der Waals surface area contributed by atoms with Crippen LogP contribution in [0.25, 0.3) is 55.6 Å². The first kappa shape index (κ1) is 44.7. The summed E-state index contributed by atoms with van der Waals surface area (Å²) in [5, 5.41) is 2.26. The maximum absolute atomic E-state index is 6.32. The molecule has 1 aliphatic rings. The van der Waals surface area contributed by atoms with Crippen molar-refractivity contribution >= 4 is 39.6 Å². The predicted molar refractivity (Wildman–Crippen MR) is 250 cm³/mol. The number of benzene rings is 4. The van der Waals surface area contributed by atoms with Crippen LogP contribution in [-0.4, -0.2) is 23.2 Å². The van der Waals surface area contributed by atoms with Gasteiger partial charge < -0.3 is 9.40 Å². The summed E-state index contributed by atoms with van der Waals surface area (Å²) in [5.74, 6) is 9.33. The van der Waals surface area contributed by atoms with Gasteiger partial charge >= 0.3 is 132 Å². The molecular formula is C54H62GeIrN2O-2. The number of hydrogen-bond acceptors (Lipinski definition) is 3. The van der Waals surface area contributed by atoms with Crippen molar-refractivity contribution in [2.75, 3.05) is 0 Å². The second-order valence-electron chi connectivity index (χ2n) is 19.4. The molecule has 3 nitrogen and oxygen atoms in total. The average molecular weight is 1020 g/mol. The van der Waals surface area contributed by atoms with Crippen molar-refractivity contribution in [1.29, 1.82) is 0 Å². The Morgan fingerprint density at radius 3 is 2.19 bits per heavy atom. The van der Waals surface area contributed by atoms with Crippen LogP contribution in [-0.2, 0) is 26.5 Å². The minimum atomic E-state index is -1.90. The second kappa shape index (κ2) is 18.4. The van der Waals surface area contributed by atoms with Crippen LogP contribution in [0, 0.1) is 50.2 Å². The van der Waals surface area contributed by atoms with Gasteiger partial charge in [0.15, 0.2) is 0 Å². The maximum Gasteiger partial charge on any atom is 0.121 e. The summed E-state index contributed by atoms with van der Waals surface area (Å²) in [7, 11) is 0.